The normalized spacial score (nSPS) is 9.77. The molecule has 2 rings (SSSR count). The quantitative estimate of drug-likeness (QED) is 0.697. The molecule has 2 aromatic carbocycles. The summed E-state index contributed by atoms with van der Waals surface area (Å²) in [5.74, 6) is 0.454. The summed E-state index contributed by atoms with van der Waals surface area (Å²) >= 11 is 0. The molecule has 5 heteroatoms. The Morgan fingerprint density at radius 1 is 0.923 bits per heavy atom. The maximum absolute atomic E-state index is 12.4. The van der Waals surface area contributed by atoms with E-state index in [1.165, 1.54) is 10.5 Å². The summed E-state index contributed by atoms with van der Waals surface area (Å²) in [6.07, 6.45) is 1.20. The maximum atomic E-state index is 12.4. The van der Waals surface area contributed by atoms with Gasteiger partial charge in [-0.25, -0.2) is 0 Å². The third-order valence-corrected chi connectivity index (χ3v) is 3.90. The average Bonchev–Trinajstić information content (AvgIpc) is 2.68. The van der Waals surface area contributed by atoms with E-state index in [9.17, 15) is 4.79 Å². The molecule has 1 amide bonds. The Morgan fingerprint density at radius 2 is 1.54 bits per heavy atom. The van der Waals surface area contributed by atoms with Crippen LogP contribution in [0.25, 0.3) is 0 Å². The molecule has 0 heterocycles. The van der Waals surface area contributed by atoms with Crippen molar-refractivity contribution in [3.05, 3.63) is 65.7 Å². The molecule has 0 aliphatic rings. The van der Waals surface area contributed by atoms with E-state index in [2.05, 4.69) is 0 Å². The SMILES string of the molecule is N#CCCN(CCC#N)C(=O)COc1ccccc1Cc1ccccc1. The van der Waals surface area contributed by atoms with Gasteiger partial charge in [-0.2, -0.15) is 10.5 Å². The number of hydrogen-bond donors (Lipinski definition) is 0. The second-order valence-electron chi connectivity index (χ2n) is 5.76. The predicted octanol–water partition coefficient (Wildman–Crippen LogP) is 3.31. The van der Waals surface area contributed by atoms with Crippen molar-refractivity contribution in [1.29, 1.82) is 10.5 Å². The van der Waals surface area contributed by atoms with Gasteiger partial charge in [0.1, 0.15) is 5.75 Å². The number of nitriles is 2. The van der Waals surface area contributed by atoms with Gasteiger partial charge in [0.2, 0.25) is 0 Å². The zero-order valence-electron chi connectivity index (χ0n) is 14.6. The molecule has 0 saturated heterocycles. The van der Waals surface area contributed by atoms with Crippen molar-refractivity contribution in [2.75, 3.05) is 19.7 Å². The van der Waals surface area contributed by atoms with Gasteiger partial charge < -0.3 is 9.64 Å². The van der Waals surface area contributed by atoms with Crippen LogP contribution in [-0.4, -0.2) is 30.5 Å². The number of ether oxygens (including phenoxy) is 1. The molecule has 0 aromatic heterocycles. The smallest absolute Gasteiger partial charge is 0.260 e. The van der Waals surface area contributed by atoms with Crippen molar-refractivity contribution >= 4 is 5.91 Å². The number of carbonyl (C=O) groups is 1. The number of para-hydroxylation sites is 1. The highest BCUT2D eigenvalue weighted by molar-refractivity contribution is 5.77. The van der Waals surface area contributed by atoms with Crippen molar-refractivity contribution in [1.82, 2.24) is 4.90 Å². The second-order valence-corrected chi connectivity index (χ2v) is 5.76. The third kappa shape index (κ3) is 5.96. The summed E-state index contributed by atoms with van der Waals surface area (Å²) < 4.78 is 5.76. The molecule has 0 N–H and O–H groups in total. The number of carbonyl (C=O) groups excluding carboxylic acids is 1. The minimum Gasteiger partial charge on any atom is -0.483 e. The van der Waals surface area contributed by atoms with Crippen LogP contribution in [0.2, 0.25) is 0 Å². The lowest BCUT2D eigenvalue weighted by Crippen LogP contribution is -2.36. The predicted molar refractivity (Wildman–Crippen MR) is 98.2 cm³/mol. The first-order valence-corrected chi connectivity index (χ1v) is 8.51. The fraction of sp³-hybridized carbons (Fsp3) is 0.286. The van der Waals surface area contributed by atoms with Gasteiger partial charge in [0.15, 0.2) is 6.61 Å². The van der Waals surface area contributed by atoms with E-state index < -0.39 is 0 Å². The van der Waals surface area contributed by atoms with Crippen LogP contribution in [0.15, 0.2) is 54.6 Å². The van der Waals surface area contributed by atoms with Crippen LogP contribution in [0, 0.1) is 22.7 Å². The van der Waals surface area contributed by atoms with Gasteiger partial charge in [-0.1, -0.05) is 48.5 Å². The number of nitrogens with zero attached hydrogens (tertiary/aromatic N) is 3. The number of benzene rings is 2. The Morgan fingerprint density at radius 3 is 2.19 bits per heavy atom. The Bertz CT molecular complexity index is 773. The van der Waals surface area contributed by atoms with Crippen molar-refractivity contribution < 1.29 is 9.53 Å². The summed E-state index contributed by atoms with van der Waals surface area (Å²) in [6, 6.07) is 21.7. The minimum atomic E-state index is -0.218. The topological polar surface area (TPSA) is 77.1 Å². The molecule has 0 atom stereocenters. The molecule has 2 aromatic rings. The lowest BCUT2D eigenvalue weighted by Gasteiger charge is -2.21. The van der Waals surface area contributed by atoms with E-state index in [0.717, 1.165) is 12.0 Å². The number of amides is 1. The van der Waals surface area contributed by atoms with Crippen LogP contribution in [-0.2, 0) is 11.2 Å². The summed E-state index contributed by atoms with van der Waals surface area (Å²) in [6.45, 7) is 0.515. The van der Waals surface area contributed by atoms with Crippen molar-refractivity contribution in [3.63, 3.8) is 0 Å². The first kappa shape index (κ1) is 19.0. The minimum absolute atomic E-state index is 0.108. The van der Waals surface area contributed by atoms with Crippen molar-refractivity contribution in [2.24, 2.45) is 0 Å². The van der Waals surface area contributed by atoms with Crippen LogP contribution in [0.5, 0.6) is 5.75 Å². The van der Waals surface area contributed by atoms with Crippen LogP contribution >= 0.6 is 0 Å². The van der Waals surface area contributed by atoms with Crippen LogP contribution < -0.4 is 4.74 Å². The first-order valence-electron chi connectivity index (χ1n) is 8.51. The highest BCUT2D eigenvalue weighted by Gasteiger charge is 2.14. The molecule has 0 bridgehead atoms. The van der Waals surface area contributed by atoms with Crippen molar-refractivity contribution in [2.45, 2.75) is 19.3 Å². The summed E-state index contributed by atoms with van der Waals surface area (Å²) in [4.78, 5) is 13.9. The summed E-state index contributed by atoms with van der Waals surface area (Å²) in [5, 5.41) is 17.4. The molecule has 0 spiro atoms. The number of hydrogen-bond acceptors (Lipinski definition) is 4. The van der Waals surface area contributed by atoms with E-state index in [4.69, 9.17) is 15.3 Å². The van der Waals surface area contributed by atoms with Crippen LogP contribution in [0.3, 0.4) is 0 Å². The molecular weight excluding hydrogens is 326 g/mol. The average molecular weight is 347 g/mol. The monoisotopic (exact) mass is 347 g/mol. The van der Waals surface area contributed by atoms with Crippen molar-refractivity contribution in [3.8, 4) is 17.9 Å². The molecule has 132 valence electrons. The van der Waals surface area contributed by atoms with Gasteiger partial charge in [0.05, 0.1) is 25.0 Å². The standard InChI is InChI=1S/C21H21N3O2/c22-12-6-14-24(15-7-13-23)21(25)17-26-20-11-5-4-10-19(20)16-18-8-2-1-3-9-18/h1-5,8-11H,6-7,14-17H2. The van der Waals surface area contributed by atoms with E-state index in [-0.39, 0.29) is 25.4 Å². The van der Waals surface area contributed by atoms with E-state index >= 15 is 0 Å². The van der Waals surface area contributed by atoms with Crippen LogP contribution in [0.4, 0.5) is 0 Å². The molecule has 0 aliphatic heterocycles. The molecule has 0 radical (unpaired) electrons. The molecule has 0 unspecified atom stereocenters. The van der Waals surface area contributed by atoms with E-state index in [1.807, 2.05) is 66.7 Å². The van der Waals surface area contributed by atoms with Gasteiger partial charge in [-0.15, -0.1) is 0 Å². The molecule has 0 fully saturated rings. The molecule has 0 aliphatic carbocycles. The fourth-order valence-electron chi connectivity index (χ4n) is 2.57. The lowest BCUT2D eigenvalue weighted by atomic mass is 10.0. The molecular formula is C21H21N3O2. The zero-order valence-corrected chi connectivity index (χ0v) is 14.6. The Kier molecular flexibility index (Phi) is 7.71. The summed E-state index contributed by atoms with van der Waals surface area (Å²) in [5.41, 5.74) is 2.17. The highest BCUT2D eigenvalue weighted by Crippen LogP contribution is 2.21. The van der Waals surface area contributed by atoms with Gasteiger partial charge >= 0.3 is 0 Å². The van der Waals surface area contributed by atoms with Gasteiger partial charge in [-0.05, 0) is 17.2 Å². The maximum Gasteiger partial charge on any atom is 0.260 e. The third-order valence-electron chi connectivity index (χ3n) is 3.90. The molecule has 5 nitrogen and oxygen atoms in total. The second kappa shape index (κ2) is 10.5. The van der Waals surface area contributed by atoms with Crippen LogP contribution in [0.1, 0.15) is 24.0 Å². The largest absolute Gasteiger partial charge is 0.483 e. The summed E-state index contributed by atoms with van der Waals surface area (Å²) in [7, 11) is 0. The Labute approximate surface area is 154 Å². The number of rotatable bonds is 9. The van der Waals surface area contributed by atoms with Gasteiger partial charge in [0.25, 0.3) is 5.91 Å². The van der Waals surface area contributed by atoms with E-state index in [1.54, 1.807) is 0 Å². The van der Waals surface area contributed by atoms with Gasteiger partial charge in [-0.3, -0.25) is 4.79 Å². The Hall–Kier alpha value is -3.31. The van der Waals surface area contributed by atoms with E-state index in [0.29, 0.717) is 18.8 Å². The zero-order chi connectivity index (χ0) is 18.6. The highest BCUT2D eigenvalue weighted by atomic mass is 16.5. The fourth-order valence-corrected chi connectivity index (χ4v) is 2.57. The molecule has 0 saturated carbocycles. The lowest BCUT2D eigenvalue weighted by molar-refractivity contribution is -0.133. The Balaban J connectivity index is 2.00. The molecule has 26 heavy (non-hydrogen) atoms. The first-order chi connectivity index (χ1) is 12.7. The van der Waals surface area contributed by atoms with Gasteiger partial charge in [0, 0.05) is 19.5 Å².